The second kappa shape index (κ2) is 11.3. The summed E-state index contributed by atoms with van der Waals surface area (Å²) in [5, 5.41) is 6.70. The number of benzene rings is 1. The Balaban J connectivity index is 1.21. The highest BCUT2D eigenvalue weighted by Crippen LogP contribution is 2.33. The minimum atomic E-state index is -4.75. The number of likely N-dealkylation sites (tertiary alicyclic amines) is 1. The maximum Gasteiger partial charge on any atom is 0.573 e. The van der Waals surface area contributed by atoms with E-state index in [4.69, 9.17) is 4.98 Å². The number of hydrogen-bond donors (Lipinski definition) is 2. The van der Waals surface area contributed by atoms with Crippen LogP contribution in [-0.4, -0.2) is 65.9 Å². The molecule has 8 nitrogen and oxygen atoms in total. The van der Waals surface area contributed by atoms with E-state index < -0.39 is 6.36 Å². The van der Waals surface area contributed by atoms with E-state index in [0.717, 1.165) is 63.7 Å². The zero-order chi connectivity index (χ0) is 26.7. The first-order chi connectivity index (χ1) is 18.2. The molecule has 3 heterocycles. The van der Waals surface area contributed by atoms with Gasteiger partial charge in [-0.25, -0.2) is 4.98 Å². The molecule has 0 radical (unpaired) electrons. The van der Waals surface area contributed by atoms with Crippen LogP contribution in [0.15, 0.2) is 30.5 Å². The molecule has 2 aromatic rings. The Kier molecular flexibility index (Phi) is 7.92. The number of aryl methyl sites for hydroxylation is 1. The first-order valence-electron chi connectivity index (χ1n) is 13.4. The molecule has 1 aliphatic carbocycles. The molecule has 1 amide bonds. The van der Waals surface area contributed by atoms with Crippen LogP contribution in [0.4, 0.5) is 24.8 Å². The molecule has 2 N–H and O–H groups in total. The van der Waals surface area contributed by atoms with Gasteiger partial charge in [-0.1, -0.05) is 18.2 Å². The highest BCUT2D eigenvalue weighted by atomic mass is 19.4. The van der Waals surface area contributed by atoms with Gasteiger partial charge in [0.15, 0.2) is 5.82 Å². The quantitative estimate of drug-likeness (QED) is 0.555. The molecule has 1 aromatic heterocycles. The van der Waals surface area contributed by atoms with E-state index in [1.807, 2.05) is 4.90 Å². The average molecular weight is 533 g/mol. The van der Waals surface area contributed by atoms with E-state index in [1.54, 1.807) is 18.3 Å². The van der Waals surface area contributed by atoms with Gasteiger partial charge in [0.2, 0.25) is 5.91 Å². The Labute approximate surface area is 221 Å². The molecular formula is C27H35F3N6O2. The normalized spacial score (nSPS) is 22.7. The molecule has 2 fully saturated rings. The number of rotatable bonds is 7. The highest BCUT2D eigenvalue weighted by Gasteiger charge is 2.33. The Morgan fingerprint density at radius 3 is 2.68 bits per heavy atom. The number of piperidine rings is 1. The van der Waals surface area contributed by atoms with Gasteiger partial charge in [-0.05, 0) is 71.1 Å². The summed E-state index contributed by atoms with van der Waals surface area (Å²) in [4.78, 5) is 26.5. The van der Waals surface area contributed by atoms with Gasteiger partial charge in [0.05, 0.1) is 11.9 Å². The predicted octanol–water partition coefficient (Wildman–Crippen LogP) is 4.12. The second-order valence-electron chi connectivity index (χ2n) is 10.6. The Morgan fingerprint density at radius 2 is 1.89 bits per heavy atom. The third-order valence-corrected chi connectivity index (χ3v) is 7.75. The summed E-state index contributed by atoms with van der Waals surface area (Å²) in [6.45, 7) is 2.91. The van der Waals surface area contributed by atoms with Crippen molar-refractivity contribution in [2.24, 2.45) is 5.92 Å². The van der Waals surface area contributed by atoms with Crippen LogP contribution in [0, 0.1) is 5.92 Å². The van der Waals surface area contributed by atoms with Gasteiger partial charge in [-0.15, -0.1) is 13.2 Å². The van der Waals surface area contributed by atoms with Crippen LogP contribution in [0.3, 0.4) is 0 Å². The lowest BCUT2D eigenvalue weighted by molar-refractivity contribution is -0.274. The number of hydrogen-bond acceptors (Lipinski definition) is 7. The fraction of sp³-hybridized carbons (Fsp3) is 0.593. The smallest absolute Gasteiger partial charge is 0.405 e. The fourth-order valence-corrected chi connectivity index (χ4v) is 5.70. The first kappa shape index (κ1) is 26.5. The Hall–Kier alpha value is -3.08. The number of alkyl halides is 3. The molecule has 1 aromatic carbocycles. The molecule has 2 aliphatic heterocycles. The van der Waals surface area contributed by atoms with E-state index in [1.165, 1.54) is 12.1 Å². The number of carbonyl (C=O) groups excluding carboxylic acids is 1. The van der Waals surface area contributed by atoms with Crippen molar-refractivity contribution in [2.45, 2.75) is 69.9 Å². The lowest BCUT2D eigenvalue weighted by atomic mass is 10.0. The van der Waals surface area contributed by atoms with Crippen molar-refractivity contribution in [3.05, 3.63) is 41.7 Å². The van der Waals surface area contributed by atoms with E-state index >= 15 is 0 Å². The molecule has 2 unspecified atom stereocenters. The van der Waals surface area contributed by atoms with Gasteiger partial charge in [0, 0.05) is 36.7 Å². The van der Waals surface area contributed by atoms with Gasteiger partial charge in [-0.2, -0.15) is 0 Å². The minimum Gasteiger partial charge on any atom is -0.405 e. The van der Waals surface area contributed by atoms with Crippen molar-refractivity contribution < 1.29 is 22.7 Å². The third kappa shape index (κ3) is 6.67. The van der Waals surface area contributed by atoms with Crippen molar-refractivity contribution in [3.63, 3.8) is 0 Å². The molecule has 2 atom stereocenters. The molecule has 1 saturated heterocycles. The summed E-state index contributed by atoms with van der Waals surface area (Å²) in [5.41, 5.74) is 1.27. The van der Waals surface area contributed by atoms with Crippen LogP contribution < -0.4 is 20.3 Å². The predicted molar refractivity (Wildman–Crippen MR) is 138 cm³/mol. The van der Waals surface area contributed by atoms with Crippen LogP contribution in [0.25, 0.3) is 0 Å². The number of aromatic nitrogens is 2. The molecule has 11 heteroatoms. The summed E-state index contributed by atoms with van der Waals surface area (Å²) >= 11 is 0. The van der Waals surface area contributed by atoms with E-state index in [2.05, 4.69) is 32.3 Å². The molecular weight excluding hydrogens is 497 g/mol. The molecule has 1 saturated carbocycles. The first-order valence-corrected chi connectivity index (χ1v) is 13.4. The molecule has 3 aliphatic rings. The van der Waals surface area contributed by atoms with Crippen molar-refractivity contribution in [3.8, 4) is 5.75 Å². The maximum absolute atomic E-state index is 12.9. The Morgan fingerprint density at radius 1 is 1.11 bits per heavy atom. The van der Waals surface area contributed by atoms with E-state index in [9.17, 15) is 18.0 Å². The Bertz CT molecular complexity index is 1120. The zero-order valence-electron chi connectivity index (χ0n) is 21.6. The number of amides is 1. The fourth-order valence-electron chi connectivity index (χ4n) is 5.70. The number of fused-ring (bicyclic) bond motifs is 1. The number of para-hydroxylation sites is 1. The summed E-state index contributed by atoms with van der Waals surface area (Å²) in [6, 6.07) is 6.58. The monoisotopic (exact) mass is 532 g/mol. The van der Waals surface area contributed by atoms with Crippen molar-refractivity contribution in [2.75, 3.05) is 36.9 Å². The number of nitrogens with one attached hydrogen (secondary N) is 2. The third-order valence-electron chi connectivity index (χ3n) is 7.75. The summed E-state index contributed by atoms with van der Waals surface area (Å²) in [6.07, 6.45) is 2.99. The topological polar surface area (TPSA) is 82.6 Å². The molecule has 206 valence electrons. The van der Waals surface area contributed by atoms with Crippen molar-refractivity contribution >= 4 is 17.5 Å². The number of halogens is 3. The van der Waals surface area contributed by atoms with E-state index in [-0.39, 0.29) is 36.2 Å². The maximum atomic E-state index is 12.9. The van der Waals surface area contributed by atoms with Crippen LogP contribution in [0.5, 0.6) is 5.75 Å². The van der Waals surface area contributed by atoms with Crippen molar-refractivity contribution in [1.82, 2.24) is 20.2 Å². The van der Waals surface area contributed by atoms with Gasteiger partial charge < -0.3 is 25.2 Å². The van der Waals surface area contributed by atoms with Crippen LogP contribution in [0.1, 0.15) is 49.8 Å². The average Bonchev–Trinajstić information content (AvgIpc) is 3.35. The largest absolute Gasteiger partial charge is 0.573 e. The van der Waals surface area contributed by atoms with Crippen molar-refractivity contribution in [1.29, 1.82) is 0 Å². The molecule has 38 heavy (non-hydrogen) atoms. The van der Waals surface area contributed by atoms with Crippen LogP contribution in [0.2, 0.25) is 0 Å². The summed E-state index contributed by atoms with van der Waals surface area (Å²) < 4.78 is 43.0. The molecule has 0 bridgehead atoms. The summed E-state index contributed by atoms with van der Waals surface area (Å²) in [5.74, 6) is 1.23. The SMILES string of the molecule is CN1CCC(NC(=O)C2CCC(Nc3cnc4c(n3)N(Cc3ccccc3OC(F)(F)F)CCC4)C2)CC1. The van der Waals surface area contributed by atoms with Gasteiger partial charge >= 0.3 is 6.36 Å². The number of carbonyl (C=O) groups is 1. The molecule has 5 rings (SSSR count). The highest BCUT2D eigenvalue weighted by molar-refractivity contribution is 5.79. The second-order valence-corrected chi connectivity index (χ2v) is 10.6. The van der Waals surface area contributed by atoms with E-state index in [0.29, 0.717) is 23.7 Å². The van der Waals surface area contributed by atoms with Gasteiger partial charge in [0.1, 0.15) is 11.6 Å². The minimum absolute atomic E-state index is 0.0145. The standard InChI is InChI=1S/C27H35F3N6O2/c1-35-13-10-20(11-14-35)33-26(37)18-8-9-21(15-18)32-24-16-31-22-6-4-12-36(25(22)34-24)17-19-5-2-3-7-23(19)38-27(28,29)30/h2-3,5,7,16,18,20-21H,4,6,8-15,17H2,1H3,(H,32,34)(H,33,37). The van der Waals surface area contributed by atoms with Gasteiger partial charge in [0.25, 0.3) is 0 Å². The van der Waals surface area contributed by atoms with Crippen LogP contribution >= 0.6 is 0 Å². The lowest BCUT2D eigenvalue weighted by Crippen LogP contribution is -2.45. The number of ether oxygens (including phenoxy) is 1. The number of nitrogens with zero attached hydrogens (tertiary/aromatic N) is 4. The van der Waals surface area contributed by atoms with Gasteiger partial charge in [-0.3, -0.25) is 9.78 Å². The van der Waals surface area contributed by atoms with Crippen LogP contribution in [-0.2, 0) is 17.8 Å². The molecule has 0 spiro atoms. The number of anilines is 2. The lowest BCUT2D eigenvalue weighted by Gasteiger charge is -2.30. The summed E-state index contributed by atoms with van der Waals surface area (Å²) in [7, 11) is 2.11. The zero-order valence-corrected chi connectivity index (χ0v) is 21.6.